The molecule has 0 spiro atoms. The number of alkyl halides is 3. The van der Waals surface area contributed by atoms with Gasteiger partial charge in [0.25, 0.3) is 0 Å². The quantitative estimate of drug-likeness (QED) is 0.477. The number of fused-ring (bicyclic) bond motifs is 1. The van der Waals surface area contributed by atoms with Gasteiger partial charge < -0.3 is 19.8 Å². The predicted molar refractivity (Wildman–Crippen MR) is 102 cm³/mol. The zero-order chi connectivity index (χ0) is 20.4. The molecule has 0 saturated carbocycles. The molecule has 6 nitrogen and oxygen atoms in total. The molecule has 2 N–H and O–H groups in total. The van der Waals surface area contributed by atoms with Gasteiger partial charge in [-0.05, 0) is 53.6 Å². The van der Waals surface area contributed by atoms with Crippen LogP contribution in [0.25, 0.3) is 22.2 Å². The van der Waals surface area contributed by atoms with Crippen LogP contribution in [0.1, 0.15) is 0 Å². The number of halogens is 3. The molecule has 0 saturated heterocycles. The molecule has 148 valence electrons. The lowest BCUT2D eigenvalue weighted by Crippen LogP contribution is -2.16. The fourth-order valence-corrected chi connectivity index (χ4v) is 2.83. The predicted octanol–water partition coefficient (Wildman–Crippen LogP) is 5.28. The van der Waals surface area contributed by atoms with Crippen LogP contribution < -0.4 is 14.8 Å². The molecular formula is C20H15F3N4O2. The minimum Gasteiger partial charge on any atom is -0.481 e. The first kappa shape index (κ1) is 18.6. The monoisotopic (exact) mass is 400 g/mol. The molecule has 0 bridgehead atoms. The number of anilines is 2. The second kappa shape index (κ2) is 7.34. The third-order valence-corrected chi connectivity index (χ3v) is 4.11. The van der Waals surface area contributed by atoms with E-state index in [1.165, 1.54) is 24.3 Å². The molecule has 4 aromatic rings. The van der Waals surface area contributed by atoms with E-state index in [0.717, 1.165) is 22.2 Å². The number of methoxy groups -OCH3 is 1. The molecule has 0 atom stereocenters. The van der Waals surface area contributed by atoms with Crippen LogP contribution in [0.5, 0.6) is 11.6 Å². The zero-order valence-electron chi connectivity index (χ0n) is 15.1. The number of ether oxygens (including phenoxy) is 2. The van der Waals surface area contributed by atoms with Crippen molar-refractivity contribution in [2.75, 3.05) is 12.4 Å². The number of rotatable bonds is 5. The number of imidazole rings is 1. The highest BCUT2D eigenvalue weighted by molar-refractivity contribution is 5.84. The Bertz CT molecular complexity index is 1140. The average Bonchev–Trinajstić information content (AvgIpc) is 3.10. The molecule has 0 aliphatic heterocycles. The Kier molecular flexibility index (Phi) is 4.71. The summed E-state index contributed by atoms with van der Waals surface area (Å²) >= 11 is 0. The van der Waals surface area contributed by atoms with Crippen LogP contribution in [-0.2, 0) is 0 Å². The Balaban J connectivity index is 1.54. The van der Waals surface area contributed by atoms with Crippen molar-refractivity contribution in [3.05, 3.63) is 60.8 Å². The van der Waals surface area contributed by atoms with Gasteiger partial charge in [0.2, 0.25) is 11.8 Å². The van der Waals surface area contributed by atoms with Gasteiger partial charge in [-0.1, -0.05) is 6.07 Å². The Hall–Kier alpha value is -3.75. The van der Waals surface area contributed by atoms with Crippen molar-refractivity contribution in [3.8, 4) is 22.8 Å². The Morgan fingerprint density at radius 3 is 2.45 bits per heavy atom. The average molecular weight is 400 g/mol. The number of aromatic amines is 1. The van der Waals surface area contributed by atoms with E-state index in [4.69, 9.17) is 4.74 Å². The van der Waals surface area contributed by atoms with Gasteiger partial charge in [0.1, 0.15) is 5.75 Å². The number of hydrogen-bond acceptors (Lipinski definition) is 5. The SMILES string of the molecule is COc1cc(-c2ccc3nc(Nc4ccc(OC(F)(F)F)cc4)[nH]c3c2)ccn1. The lowest BCUT2D eigenvalue weighted by Gasteiger charge is -2.09. The van der Waals surface area contributed by atoms with Gasteiger partial charge in [-0.25, -0.2) is 9.97 Å². The summed E-state index contributed by atoms with van der Waals surface area (Å²) < 4.78 is 45.7. The highest BCUT2D eigenvalue weighted by Gasteiger charge is 2.30. The third-order valence-electron chi connectivity index (χ3n) is 4.11. The van der Waals surface area contributed by atoms with E-state index >= 15 is 0 Å². The van der Waals surface area contributed by atoms with Crippen LogP contribution in [-0.4, -0.2) is 28.4 Å². The molecular weight excluding hydrogens is 385 g/mol. The van der Waals surface area contributed by atoms with Crippen molar-refractivity contribution in [2.24, 2.45) is 0 Å². The summed E-state index contributed by atoms with van der Waals surface area (Å²) in [6.07, 6.45) is -3.05. The number of benzene rings is 2. The van der Waals surface area contributed by atoms with E-state index in [2.05, 4.69) is 25.0 Å². The molecule has 0 amide bonds. The van der Waals surface area contributed by atoms with Crippen LogP contribution in [0, 0.1) is 0 Å². The highest BCUT2D eigenvalue weighted by atomic mass is 19.4. The molecule has 0 aliphatic rings. The molecule has 0 unspecified atom stereocenters. The summed E-state index contributed by atoms with van der Waals surface area (Å²) in [7, 11) is 1.56. The molecule has 2 aromatic carbocycles. The lowest BCUT2D eigenvalue weighted by atomic mass is 10.1. The number of nitrogens with one attached hydrogen (secondary N) is 2. The Morgan fingerprint density at radius 1 is 0.966 bits per heavy atom. The van der Waals surface area contributed by atoms with E-state index in [-0.39, 0.29) is 5.75 Å². The third kappa shape index (κ3) is 4.40. The first-order chi connectivity index (χ1) is 13.9. The molecule has 29 heavy (non-hydrogen) atoms. The van der Waals surface area contributed by atoms with Crippen LogP contribution in [0.15, 0.2) is 60.8 Å². The van der Waals surface area contributed by atoms with E-state index in [1.807, 2.05) is 30.3 Å². The van der Waals surface area contributed by atoms with Crippen molar-refractivity contribution >= 4 is 22.7 Å². The molecule has 0 fully saturated rings. The van der Waals surface area contributed by atoms with Gasteiger partial charge >= 0.3 is 6.36 Å². The van der Waals surface area contributed by atoms with E-state index in [0.29, 0.717) is 17.5 Å². The Morgan fingerprint density at radius 2 is 1.72 bits per heavy atom. The summed E-state index contributed by atoms with van der Waals surface area (Å²) in [4.78, 5) is 11.7. The standard InChI is InChI=1S/C20H15F3N4O2/c1-28-18-11-13(8-9-24-18)12-2-7-16-17(10-12)27-19(26-16)25-14-3-5-15(6-4-14)29-20(21,22)23/h2-11H,1H3,(H2,25,26,27). The van der Waals surface area contributed by atoms with Crippen molar-refractivity contribution in [1.29, 1.82) is 0 Å². The molecule has 2 aromatic heterocycles. The van der Waals surface area contributed by atoms with Gasteiger partial charge in [0, 0.05) is 18.0 Å². The van der Waals surface area contributed by atoms with E-state index < -0.39 is 6.36 Å². The molecule has 0 radical (unpaired) electrons. The summed E-state index contributed by atoms with van der Waals surface area (Å²) in [5, 5.41) is 3.03. The molecule has 0 aliphatic carbocycles. The maximum Gasteiger partial charge on any atom is 0.573 e. The number of H-pyrrole nitrogens is 1. The van der Waals surface area contributed by atoms with Crippen LogP contribution in [0.3, 0.4) is 0 Å². The number of nitrogens with zero attached hydrogens (tertiary/aromatic N) is 2. The lowest BCUT2D eigenvalue weighted by molar-refractivity contribution is -0.274. The van der Waals surface area contributed by atoms with E-state index in [1.54, 1.807) is 13.3 Å². The van der Waals surface area contributed by atoms with Crippen LogP contribution >= 0.6 is 0 Å². The van der Waals surface area contributed by atoms with Crippen molar-refractivity contribution in [3.63, 3.8) is 0 Å². The van der Waals surface area contributed by atoms with Crippen molar-refractivity contribution < 1.29 is 22.6 Å². The second-order valence-corrected chi connectivity index (χ2v) is 6.10. The van der Waals surface area contributed by atoms with Crippen molar-refractivity contribution in [1.82, 2.24) is 15.0 Å². The van der Waals surface area contributed by atoms with Gasteiger partial charge in [0.05, 0.1) is 18.1 Å². The Labute approximate surface area is 163 Å². The maximum absolute atomic E-state index is 12.2. The normalized spacial score (nSPS) is 11.4. The van der Waals surface area contributed by atoms with E-state index in [9.17, 15) is 13.2 Å². The summed E-state index contributed by atoms with van der Waals surface area (Å²) in [5.41, 5.74) is 4.02. The minimum atomic E-state index is -4.72. The number of aromatic nitrogens is 3. The highest BCUT2D eigenvalue weighted by Crippen LogP contribution is 2.28. The zero-order valence-corrected chi connectivity index (χ0v) is 15.1. The molecule has 2 heterocycles. The number of hydrogen-bond donors (Lipinski definition) is 2. The largest absolute Gasteiger partial charge is 0.573 e. The van der Waals surface area contributed by atoms with Crippen LogP contribution in [0.2, 0.25) is 0 Å². The molecule has 4 rings (SSSR count). The fourth-order valence-electron chi connectivity index (χ4n) is 2.83. The van der Waals surface area contributed by atoms with Gasteiger partial charge in [-0.3, -0.25) is 0 Å². The first-order valence-corrected chi connectivity index (χ1v) is 8.53. The van der Waals surface area contributed by atoms with Gasteiger partial charge in [-0.2, -0.15) is 0 Å². The topological polar surface area (TPSA) is 72.1 Å². The molecule has 9 heteroatoms. The second-order valence-electron chi connectivity index (χ2n) is 6.10. The first-order valence-electron chi connectivity index (χ1n) is 8.53. The fraction of sp³-hybridized carbons (Fsp3) is 0.100. The number of pyridine rings is 1. The van der Waals surface area contributed by atoms with Gasteiger partial charge in [-0.15, -0.1) is 13.2 Å². The van der Waals surface area contributed by atoms with Crippen molar-refractivity contribution in [2.45, 2.75) is 6.36 Å². The minimum absolute atomic E-state index is 0.287. The summed E-state index contributed by atoms with van der Waals surface area (Å²) in [6.45, 7) is 0. The smallest absolute Gasteiger partial charge is 0.481 e. The summed E-state index contributed by atoms with van der Waals surface area (Å²) in [6, 6.07) is 14.9. The van der Waals surface area contributed by atoms with Crippen LogP contribution in [0.4, 0.5) is 24.8 Å². The maximum atomic E-state index is 12.2. The van der Waals surface area contributed by atoms with Gasteiger partial charge in [0.15, 0.2) is 0 Å². The summed E-state index contributed by atoms with van der Waals surface area (Å²) in [5.74, 6) is 0.700.